The Labute approximate surface area is 153 Å². The van der Waals surface area contributed by atoms with E-state index in [9.17, 15) is 4.39 Å². The van der Waals surface area contributed by atoms with Crippen LogP contribution in [0, 0.1) is 5.82 Å². The molecule has 2 rings (SSSR count). The van der Waals surface area contributed by atoms with E-state index in [2.05, 4.69) is 22.5 Å². The topological polar surface area (TPSA) is 49.6 Å². The van der Waals surface area contributed by atoms with E-state index in [4.69, 9.17) is 4.42 Å². The predicted molar refractivity (Wildman–Crippen MR) is 102 cm³/mol. The summed E-state index contributed by atoms with van der Waals surface area (Å²) in [5.41, 5.74) is 0.977. The minimum Gasteiger partial charge on any atom is -0.469 e. The van der Waals surface area contributed by atoms with E-state index in [-0.39, 0.29) is 29.8 Å². The number of nitrogens with zero attached hydrogens (tertiary/aromatic N) is 1. The molecule has 0 amide bonds. The van der Waals surface area contributed by atoms with E-state index in [1.165, 1.54) is 12.1 Å². The molecule has 0 fully saturated rings. The molecule has 0 saturated carbocycles. The lowest BCUT2D eigenvalue weighted by Crippen LogP contribution is -2.38. The van der Waals surface area contributed by atoms with E-state index in [1.54, 1.807) is 18.4 Å². The third-order valence-corrected chi connectivity index (χ3v) is 3.12. The van der Waals surface area contributed by atoms with Crippen LogP contribution < -0.4 is 10.6 Å². The van der Waals surface area contributed by atoms with Crippen molar-refractivity contribution in [2.24, 2.45) is 4.99 Å². The van der Waals surface area contributed by atoms with Gasteiger partial charge >= 0.3 is 0 Å². The second-order valence-electron chi connectivity index (χ2n) is 4.97. The monoisotopic (exact) mass is 431 g/mol. The number of hydrogen-bond acceptors (Lipinski definition) is 2. The predicted octanol–water partition coefficient (Wildman–Crippen LogP) is 3.72. The van der Waals surface area contributed by atoms with Gasteiger partial charge in [0.05, 0.1) is 12.8 Å². The van der Waals surface area contributed by atoms with Crippen LogP contribution in [0.1, 0.15) is 24.7 Å². The van der Waals surface area contributed by atoms with Crippen LogP contribution in [0.25, 0.3) is 0 Å². The zero-order valence-corrected chi connectivity index (χ0v) is 15.5. The van der Waals surface area contributed by atoms with Gasteiger partial charge in [-0.25, -0.2) is 9.38 Å². The van der Waals surface area contributed by atoms with Crippen molar-refractivity contribution in [3.8, 4) is 0 Å². The summed E-state index contributed by atoms with van der Waals surface area (Å²) in [6, 6.07) is 10.2. The van der Waals surface area contributed by atoms with E-state index in [0.29, 0.717) is 6.54 Å². The molecular weight excluding hydrogens is 408 g/mol. The molecule has 0 unspecified atom stereocenters. The van der Waals surface area contributed by atoms with Crippen LogP contribution in [-0.4, -0.2) is 19.0 Å². The highest BCUT2D eigenvalue weighted by Crippen LogP contribution is 2.04. The summed E-state index contributed by atoms with van der Waals surface area (Å²) in [5, 5.41) is 6.54. The Morgan fingerprint density at radius 3 is 2.52 bits per heavy atom. The molecule has 0 atom stereocenters. The van der Waals surface area contributed by atoms with Gasteiger partial charge in [0, 0.05) is 19.5 Å². The van der Waals surface area contributed by atoms with Gasteiger partial charge < -0.3 is 15.1 Å². The van der Waals surface area contributed by atoms with Gasteiger partial charge in [-0.3, -0.25) is 0 Å². The lowest BCUT2D eigenvalue weighted by Gasteiger charge is -2.11. The average molecular weight is 431 g/mol. The average Bonchev–Trinajstić information content (AvgIpc) is 3.04. The summed E-state index contributed by atoms with van der Waals surface area (Å²) < 4.78 is 18.2. The standard InChI is InChI=1S/C17H22FN3O.HI/c1-2-10-19-17(20-11-9-16-4-3-12-22-16)21-13-14-5-7-15(18)8-6-14;/h3-8,12H,2,9-11,13H2,1H3,(H2,19,20,21);1H. The lowest BCUT2D eigenvalue weighted by atomic mass is 10.2. The van der Waals surface area contributed by atoms with Crippen LogP contribution in [0.2, 0.25) is 0 Å². The van der Waals surface area contributed by atoms with Gasteiger partial charge in [0.15, 0.2) is 5.96 Å². The molecule has 0 aliphatic heterocycles. The second kappa shape index (κ2) is 11.0. The Bertz CT molecular complexity index is 570. The third kappa shape index (κ3) is 7.49. The minimum absolute atomic E-state index is 0. The second-order valence-corrected chi connectivity index (χ2v) is 4.97. The van der Waals surface area contributed by atoms with Crippen LogP contribution in [0.5, 0.6) is 0 Å². The van der Waals surface area contributed by atoms with Gasteiger partial charge in [0.1, 0.15) is 11.6 Å². The maximum absolute atomic E-state index is 12.9. The number of benzene rings is 1. The Hall–Kier alpha value is -1.57. The molecule has 0 radical (unpaired) electrons. The summed E-state index contributed by atoms with van der Waals surface area (Å²) in [4.78, 5) is 4.52. The molecule has 2 aromatic rings. The van der Waals surface area contributed by atoms with Crippen molar-refractivity contribution in [3.05, 3.63) is 59.8 Å². The Morgan fingerprint density at radius 2 is 1.87 bits per heavy atom. The maximum Gasteiger partial charge on any atom is 0.191 e. The maximum atomic E-state index is 12.9. The van der Waals surface area contributed by atoms with Gasteiger partial charge in [-0.2, -0.15) is 0 Å². The molecule has 0 spiro atoms. The fourth-order valence-electron chi connectivity index (χ4n) is 1.94. The van der Waals surface area contributed by atoms with Crippen LogP contribution in [-0.2, 0) is 13.0 Å². The molecule has 23 heavy (non-hydrogen) atoms. The molecule has 1 aromatic carbocycles. The Morgan fingerprint density at radius 1 is 1.13 bits per heavy atom. The largest absolute Gasteiger partial charge is 0.469 e. The van der Waals surface area contributed by atoms with Gasteiger partial charge in [-0.15, -0.1) is 24.0 Å². The minimum atomic E-state index is -0.228. The molecule has 0 saturated heterocycles. The molecule has 1 heterocycles. The molecule has 1 aromatic heterocycles. The first-order chi connectivity index (χ1) is 10.8. The molecular formula is C17H23FIN3O. The summed E-state index contributed by atoms with van der Waals surface area (Å²) in [6.07, 6.45) is 3.50. The zero-order chi connectivity index (χ0) is 15.6. The summed E-state index contributed by atoms with van der Waals surface area (Å²) in [7, 11) is 0. The summed E-state index contributed by atoms with van der Waals surface area (Å²) >= 11 is 0. The fourth-order valence-corrected chi connectivity index (χ4v) is 1.94. The molecule has 4 nitrogen and oxygen atoms in total. The third-order valence-electron chi connectivity index (χ3n) is 3.12. The first kappa shape index (κ1) is 19.5. The van der Waals surface area contributed by atoms with Gasteiger partial charge in [0.25, 0.3) is 0 Å². The van der Waals surface area contributed by atoms with Gasteiger partial charge in [0.2, 0.25) is 0 Å². The fraction of sp³-hybridized carbons (Fsp3) is 0.353. The van der Waals surface area contributed by atoms with Crippen molar-refractivity contribution in [1.82, 2.24) is 10.6 Å². The van der Waals surface area contributed by atoms with Crippen LogP contribution in [0.3, 0.4) is 0 Å². The van der Waals surface area contributed by atoms with E-state index < -0.39 is 0 Å². The van der Waals surface area contributed by atoms with Crippen molar-refractivity contribution in [1.29, 1.82) is 0 Å². The highest BCUT2D eigenvalue weighted by atomic mass is 127. The first-order valence-corrected chi connectivity index (χ1v) is 7.57. The smallest absolute Gasteiger partial charge is 0.191 e. The Kier molecular flexibility index (Phi) is 9.35. The lowest BCUT2D eigenvalue weighted by molar-refractivity contribution is 0.506. The SMILES string of the molecule is CCCNC(=NCc1ccc(F)cc1)NCCc1ccco1.I. The molecule has 0 bridgehead atoms. The number of nitrogens with one attached hydrogen (secondary N) is 2. The van der Waals surface area contributed by atoms with Crippen molar-refractivity contribution in [2.75, 3.05) is 13.1 Å². The number of guanidine groups is 1. The summed E-state index contributed by atoms with van der Waals surface area (Å²) in [5.74, 6) is 1.48. The molecule has 2 N–H and O–H groups in total. The molecule has 0 aliphatic carbocycles. The van der Waals surface area contributed by atoms with E-state index in [1.807, 2.05) is 12.1 Å². The van der Waals surface area contributed by atoms with Crippen molar-refractivity contribution < 1.29 is 8.81 Å². The van der Waals surface area contributed by atoms with Gasteiger partial charge in [-0.05, 0) is 36.2 Å². The van der Waals surface area contributed by atoms with Gasteiger partial charge in [-0.1, -0.05) is 19.1 Å². The normalized spacial score (nSPS) is 11.0. The number of rotatable bonds is 7. The number of aliphatic imine (C=N–C) groups is 1. The van der Waals surface area contributed by atoms with Crippen LogP contribution in [0.15, 0.2) is 52.1 Å². The van der Waals surface area contributed by atoms with Crippen LogP contribution >= 0.6 is 24.0 Å². The number of hydrogen-bond donors (Lipinski definition) is 2. The highest BCUT2D eigenvalue weighted by Gasteiger charge is 2.00. The summed E-state index contributed by atoms with van der Waals surface area (Å²) in [6.45, 7) is 4.22. The van der Waals surface area contributed by atoms with E-state index >= 15 is 0 Å². The number of halogens is 2. The van der Waals surface area contributed by atoms with E-state index in [0.717, 1.165) is 43.2 Å². The van der Waals surface area contributed by atoms with Crippen molar-refractivity contribution >= 4 is 29.9 Å². The molecule has 0 aliphatic rings. The molecule has 126 valence electrons. The highest BCUT2D eigenvalue weighted by molar-refractivity contribution is 14.0. The molecule has 6 heteroatoms. The van der Waals surface area contributed by atoms with Crippen molar-refractivity contribution in [2.45, 2.75) is 26.3 Å². The Balaban J connectivity index is 0.00000264. The number of furan rings is 1. The van der Waals surface area contributed by atoms with Crippen LogP contribution in [0.4, 0.5) is 4.39 Å². The first-order valence-electron chi connectivity index (χ1n) is 7.57. The quantitative estimate of drug-likeness (QED) is 0.399. The zero-order valence-electron chi connectivity index (χ0n) is 13.2. The van der Waals surface area contributed by atoms with Crippen molar-refractivity contribution in [3.63, 3.8) is 0 Å².